The summed E-state index contributed by atoms with van der Waals surface area (Å²) in [5.41, 5.74) is 4.31. The second-order valence-electron chi connectivity index (χ2n) is 6.53. The van der Waals surface area contributed by atoms with Crippen molar-refractivity contribution in [2.24, 2.45) is 4.99 Å². The standard InChI is InChI=1S/C21H26FN5/c1-16-14-18(22)9-8-17(16)10-12-25-21(23-2)24-11-5-13-27-15-26-19-6-3-4-7-20(19)27/h3-4,6-9,14-15H,5,10-13H2,1-2H3,(H2,23,24,25). The summed E-state index contributed by atoms with van der Waals surface area (Å²) in [6, 6.07) is 13.1. The molecule has 142 valence electrons. The first-order chi connectivity index (χ1) is 13.2. The van der Waals surface area contributed by atoms with E-state index >= 15 is 0 Å². The zero-order valence-corrected chi connectivity index (χ0v) is 15.9. The van der Waals surface area contributed by atoms with E-state index in [2.05, 4.69) is 31.2 Å². The van der Waals surface area contributed by atoms with Crippen molar-refractivity contribution in [2.75, 3.05) is 20.1 Å². The van der Waals surface area contributed by atoms with Crippen LogP contribution in [0.15, 0.2) is 53.8 Å². The third kappa shape index (κ3) is 5.06. The van der Waals surface area contributed by atoms with Crippen LogP contribution in [0.3, 0.4) is 0 Å². The summed E-state index contributed by atoms with van der Waals surface area (Å²) in [7, 11) is 1.77. The van der Waals surface area contributed by atoms with Gasteiger partial charge in [0.25, 0.3) is 0 Å². The Kier molecular flexibility index (Phi) is 6.41. The molecular formula is C21H26FN5. The Morgan fingerprint density at radius 3 is 2.78 bits per heavy atom. The fraction of sp³-hybridized carbons (Fsp3) is 0.333. The van der Waals surface area contributed by atoms with E-state index in [1.165, 1.54) is 6.07 Å². The van der Waals surface area contributed by atoms with Gasteiger partial charge in [-0.3, -0.25) is 4.99 Å². The second kappa shape index (κ2) is 9.16. The van der Waals surface area contributed by atoms with Crippen molar-refractivity contribution in [1.82, 2.24) is 20.2 Å². The van der Waals surface area contributed by atoms with Crippen LogP contribution in [0.2, 0.25) is 0 Å². The molecule has 1 aromatic heterocycles. The number of aryl methyl sites for hydroxylation is 2. The summed E-state index contributed by atoms with van der Waals surface area (Å²) < 4.78 is 15.3. The fourth-order valence-electron chi connectivity index (χ4n) is 3.12. The predicted octanol–water partition coefficient (Wildman–Crippen LogP) is 3.28. The number of halogens is 1. The van der Waals surface area contributed by atoms with E-state index in [-0.39, 0.29) is 5.82 Å². The van der Waals surface area contributed by atoms with Crippen LogP contribution in [0.1, 0.15) is 17.5 Å². The van der Waals surface area contributed by atoms with Gasteiger partial charge in [0.1, 0.15) is 5.82 Å². The van der Waals surface area contributed by atoms with Crippen molar-refractivity contribution >= 4 is 17.0 Å². The maximum atomic E-state index is 13.2. The minimum Gasteiger partial charge on any atom is -0.356 e. The molecule has 0 saturated heterocycles. The normalized spacial score (nSPS) is 11.7. The monoisotopic (exact) mass is 367 g/mol. The van der Waals surface area contributed by atoms with Gasteiger partial charge in [0.2, 0.25) is 0 Å². The van der Waals surface area contributed by atoms with Gasteiger partial charge in [0, 0.05) is 26.7 Å². The number of benzene rings is 2. The lowest BCUT2D eigenvalue weighted by Gasteiger charge is -2.13. The first kappa shape index (κ1) is 18.9. The van der Waals surface area contributed by atoms with E-state index in [0.717, 1.165) is 60.6 Å². The Morgan fingerprint density at radius 2 is 1.96 bits per heavy atom. The number of imidazole rings is 1. The topological polar surface area (TPSA) is 54.2 Å². The molecule has 5 nitrogen and oxygen atoms in total. The first-order valence-electron chi connectivity index (χ1n) is 9.27. The van der Waals surface area contributed by atoms with E-state index in [0.29, 0.717) is 0 Å². The van der Waals surface area contributed by atoms with Crippen LogP contribution in [0.4, 0.5) is 4.39 Å². The van der Waals surface area contributed by atoms with Crippen LogP contribution >= 0.6 is 0 Å². The maximum Gasteiger partial charge on any atom is 0.190 e. The number of fused-ring (bicyclic) bond motifs is 1. The molecule has 0 aliphatic carbocycles. The lowest BCUT2D eigenvalue weighted by molar-refractivity contribution is 0.625. The van der Waals surface area contributed by atoms with Gasteiger partial charge < -0.3 is 15.2 Å². The molecule has 0 bridgehead atoms. The number of aromatic nitrogens is 2. The fourth-order valence-corrected chi connectivity index (χ4v) is 3.12. The van der Waals surface area contributed by atoms with Gasteiger partial charge in [-0.1, -0.05) is 18.2 Å². The maximum absolute atomic E-state index is 13.2. The molecule has 0 aliphatic heterocycles. The van der Waals surface area contributed by atoms with Crippen molar-refractivity contribution in [2.45, 2.75) is 26.3 Å². The SMILES string of the molecule is CN=C(NCCCn1cnc2ccccc21)NCCc1ccc(F)cc1C. The largest absolute Gasteiger partial charge is 0.356 e. The third-order valence-electron chi connectivity index (χ3n) is 4.61. The van der Waals surface area contributed by atoms with Crippen LogP contribution in [0, 0.1) is 12.7 Å². The van der Waals surface area contributed by atoms with Crippen molar-refractivity contribution in [3.05, 3.63) is 65.7 Å². The highest BCUT2D eigenvalue weighted by molar-refractivity contribution is 5.79. The molecule has 3 aromatic rings. The van der Waals surface area contributed by atoms with Crippen LogP contribution < -0.4 is 10.6 Å². The van der Waals surface area contributed by atoms with Crippen LogP contribution in [0.25, 0.3) is 11.0 Å². The summed E-state index contributed by atoms with van der Waals surface area (Å²) >= 11 is 0. The lowest BCUT2D eigenvalue weighted by atomic mass is 10.1. The van der Waals surface area contributed by atoms with E-state index in [1.807, 2.05) is 37.5 Å². The zero-order chi connectivity index (χ0) is 19.1. The van der Waals surface area contributed by atoms with Gasteiger partial charge >= 0.3 is 0 Å². The molecule has 27 heavy (non-hydrogen) atoms. The second-order valence-corrected chi connectivity index (χ2v) is 6.53. The molecule has 0 fully saturated rings. The molecule has 0 radical (unpaired) electrons. The Hall–Kier alpha value is -2.89. The number of hydrogen-bond acceptors (Lipinski definition) is 2. The average Bonchev–Trinajstić information content (AvgIpc) is 3.08. The van der Waals surface area contributed by atoms with Gasteiger partial charge in [-0.25, -0.2) is 9.37 Å². The number of guanidine groups is 1. The summed E-state index contributed by atoms with van der Waals surface area (Å²) in [6.45, 7) is 4.41. The molecule has 2 N–H and O–H groups in total. The highest BCUT2D eigenvalue weighted by Crippen LogP contribution is 2.12. The number of hydrogen-bond donors (Lipinski definition) is 2. The molecule has 0 spiro atoms. The van der Waals surface area contributed by atoms with Crippen LogP contribution in [0.5, 0.6) is 0 Å². The van der Waals surface area contributed by atoms with Gasteiger partial charge in [0.05, 0.1) is 17.4 Å². The minimum atomic E-state index is -0.188. The summed E-state index contributed by atoms with van der Waals surface area (Å²) in [4.78, 5) is 8.67. The predicted molar refractivity (Wildman–Crippen MR) is 109 cm³/mol. The van der Waals surface area contributed by atoms with Gasteiger partial charge in [-0.05, 0) is 55.2 Å². The molecule has 1 heterocycles. The van der Waals surface area contributed by atoms with E-state index in [9.17, 15) is 4.39 Å². The minimum absolute atomic E-state index is 0.188. The molecule has 0 atom stereocenters. The summed E-state index contributed by atoms with van der Waals surface area (Å²) in [6.07, 6.45) is 3.69. The molecular weight excluding hydrogens is 341 g/mol. The molecule has 2 aromatic carbocycles. The number of nitrogens with one attached hydrogen (secondary N) is 2. The van der Waals surface area contributed by atoms with Crippen molar-refractivity contribution in [3.63, 3.8) is 0 Å². The van der Waals surface area contributed by atoms with E-state index < -0.39 is 0 Å². The molecule has 3 rings (SSSR count). The quantitative estimate of drug-likeness (QED) is 0.383. The molecule has 0 aliphatic rings. The highest BCUT2D eigenvalue weighted by Gasteiger charge is 2.03. The van der Waals surface area contributed by atoms with Crippen molar-refractivity contribution < 1.29 is 4.39 Å². The van der Waals surface area contributed by atoms with Crippen molar-refractivity contribution in [1.29, 1.82) is 0 Å². The van der Waals surface area contributed by atoms with Gasteiger partial charge in [0.15, 0.2) is 5.96 Å². The smallest absolute Gasteiger partial charge is 0.190 e. The summed E-state index contributed by atoms with van der Waals surface area (Å²) in [5.74, 6) is 0.595. The average molecular weight is 367 g/mol. The summed E-state index contributed by atoms with van der Waals surface area (Å²) in [5, 5.41) is 6.64. The van der Waals surface area contributed by atoms with E-state index in [4.69, 9.17) is 0 Å². The number of rotatable bonds is 7. The number of nitrogens with zero attached hydrogens (tertiary/aromatic N) is 3. The van der Waals surface area contributed by atoms with Crippen LogP contribution in [-0.4, -0.2) is 35.6 Å². The molecule has 0 unspecified atom stereocenters. The Morgan fingerprint density at radius 1 is 1.15 bits per heavy atom. The molecule has 0 saturated carbocycles. The first-order valence-corrected chi connectivity index (χ1v) is 9.27. The van der Waals surface area contributed by atoms with Crippen molar-refractivity contribution in [3.8, 4) is 0 Å². The lowest BCUT2D eigenvalue weighted by Crippen LogP contribution is -2.39. The number of aliphatic imine (C=N–C) groups is 1. The number of para-hydroxylation sites is 2. The molecule has 0 amide bonds. The Bertz CT molecular complexity index is 916. The Balaban J connectivity index is 1.40. The Labute approximate surface area is 159 Å². The van der Waals surface area contributed by atoms with Gasteiger partial charge in [-0.15, -0.1) is 0 Å². The van der Waals surface area contributed by atoms with E-state index in [1.54, 1.807) is 13.1 Å². The highest BCUT2D eigenvalue weighted by atomic mass is 19.1. The van der Waals surface area contributed by atoms with Gasteiger partial charge in [-0.2, -0.15) is 0 Å². The third-order valence-corrected chi connectivity index (χ3v) is 4.61. The van der Waals surface area contributed by atoms with Crippen LogP contribution in [-0.2, 0) is 13.0 Å². The zero-order valence-electron chi connectivity index (χ0n) is 15.9. The molecule has 6 heteroatoms.